The normalized spacial score (nSPS) is 15.6. The van der Waals surface area contributed by atoms with Crippen molar-refractivity contribution >= 4 is 22.0 Å². The minimum Gasteiger partial charge on any atom is -0.497 e. The Hall–Kier alpha value is -1.23. The molecule has 1 aromatic carbocycles. The van der Waals surface area contributed by atoms with Crippen LogP contribution < -0.4 is 4.74 Å². The van der Waals surface area contributed by atoms with Crippen LogP contribution in [0, 0.1) is 0 Å². The molecule has 0 unspecified atom stereocenters. The van der Waals surface area contributed by atoms with Crippen molar-refractivity contribution in [2.24, 2.45) is 0 Å². The number of carbonyl (C=O) groups is 1. The predicted molar refractivity (Wildman–Crippen MR) is 69.1 cm³/mol. The van der Waals surface area contributed by atoms with Gasteiger partial charge in [-0.25, -0.2) is 4.79 Å². The fourth-order valence-electron chi connectivity index (χ4n) is 1.85. The summed E-state index contributed by atoms with van der Waals surface area (Å²) in [6.07, 6.45) is 0. The SMILES string of the molecule is COc1ccc(Br)c(CN2CCN(C)C2=O)c1. The second kappa shape index (κ2) is 4.96. The molecule has 1 saturated heterocycles. The van der Waals surface area contributed by atoms with Gasteiger partial charge in [-0.2, -0.15) is 0 Å². The summed E-state index contributed by atoms with van der Waals surface area (Å²) in [6, 6.07) is 5.87. The highest BCUT2D eigenvalue weighted by Gasteiger charge is 2.25. The van der Waals surface area contributed by atoms with Crippen molar-refractivity contribution in [3.63, 3.8) is 0 Å². The first-order valence-corrected chi connectivity index (χ1v) is 6.23. The Morgan fingerprint density at radius 1 is 1.41 bits per heavy atom. The van der Waals surface area contributed by atoms with Gasteiger partial charge in [0.25, 0.3) is 0 Å². The molecule has 5 heteroatoms. The summed E-state index contributed by atoms with van der Waals surface area (Å²) in [5.41, 5.74) is 1.06. The van der Waals surface area contributed by atoms with Gasteiger partial charge in [-0.1, -0.05) is 15.9 Å². The van der Waals surface area contributed by atoms with Crippen molar-refractivity contribution in [2.45, 2.75) is 6.54 Å². The number of rotatable bonds is 3. The van der Waals surface area contributed by atoms with E-state index in [-0.39, 0.29) is 6.03 Å². The Labute approximate surface area is 109 Å². The summed E-state index contributed by atoms with van der Waals surface area (Å²) in [5, 5.41) is 0. The number of hydrogen-bond donors (Lipinski definition) is 0. The molecule has 0 radical (unpaired) electrons. The van der Waals surface area contributed by atoms with Crippen molar-refractivity contribution < 1.29 is 9.53 Å². The lowest BCUT2D eigenvalue weighted by Gasteiger charge is -2.17. The van der Waals surface area contributed by atoms with Gasteiger partial charge in [-0.15, -0.1) is 0 Å². The quantitative estimate of drug-likeness (QED) is 0.858. The zero-order valence-corrected chi connectivity index (χ0v) is 11.5. The zero-order chi connectivity index (χ0) is 12.4. The molecular weight excluding hydrogens is 284 g/mol. The lowest BCUT2D eigenvalue weighted by molar-refractivity contribution is 0.197. The largest absolute Gasteiger partial charge is 0.497 e. The van der Waals surface area contributed by atoms with Crippen molar-refractivity contribution in [3.05, 3.63) is 28.2 Å². The highest BCUT2D eigenvalue weighted by Crippen LogP contribution is 2.24. The molecule has 2 amide bonds. The van der Waals surface area contributed by atoms with Gasteiger partial charge in [-0.05, 0) is 23.8 Å². The minimum absolute atomic E-state index is 0.0831. The second-order valence-electron chi connectivity index (χ2n) is 4.08. The van der Waals surface area contributed by atoms with Gasteiger partial charge in [0.15, 0.2) is 0 Å². The molecule has 0 saturated carbocycles. The van der Waals surface area contributed by atoms with Gasteiger partial charge in [0, 0.05) is 31.2 Å². The monoisotopic (exact) mass is 298 g/mol. The number of hydrogen-bond acceptors (Lipinski definition) is 2. The van der Waals surface area contributed by atoms with Crippen LogP contribution in [0.15, 0.2) is 22.7 Å². The number of urea groups is 1. The van der Waals surface area contributed by atoms with Gasteiger partial charge in [0.05, 0.1) is 7.11 Å². The predicted octanol–water partition coefficient (Wildman–Crippen LogP) is 2.33. The number of halogens is 1. The number of ether oxygens (including phenoxy) is 1. The van der Waals surface area contributed by atoms with Crippen molar-refractivity contribution in [1.29, 1.82) is 0 Å². The van der Waals surface area contributed by atoms with Crippen LogP contribution in [0.25, 0.3) is 0 Å². The highest BCUT2D eigenvalue weighted by atomic mass is 79.9. The summed E-state index contributed by atoms with van der Waals surface area (Å²) in [6.45, 7) is 2.18. The van der Waals surface area contributed by atoms with E-state index in [4.69, 9.17) is 4.74 Å². The molecule has 2 rings (SSSR count). The van der Waals surface area contributed by atoms with Gasteiger partial charge in [0.2, 0.25) is 0 Å². The number of benzene rings is 1. The standard InChI is InChI=1S/C12H15BrN2O2/c1-14-5-6-15(12(14)16)8-9-7-10(17-2)3-4-11(9)13/h3-4,7H,5-6,8H2,1-2H3. The molecule has 0 spiro atoms. The lowest BCUT2D eigenvalue weighted by atomic mass is 10.2. The molecule has 92 valence electrons. The number of amides is 2. The smallest absolute Gasteiger partial charge is 0.320 e. The topological polar surface area (TPSA) is 32.8 Å². The maximum absolute atomic E-state index is 11.8. The van der Waals surface area contributed by atoms with Crippen LogP contribution >= 0.6 is 15.9 Å². The molecule has 4 nitrogen and oxygen atoms in total. The third-order valence-corrected chi connectivity index (χ3v) is 3.69. The fraction of sp³-hybridized carbons (Fsp3) is 0.417. The molecule has 1 aliphatic heterocycles. The van der Waals surface area contributed by atoms with E-state index in [1.165, 1.54) is 0 Å². The molecule has 0 aromatic heterocycles. The van der Waals surface area contributed by atoms with E-state index >= 15 is 0 Å². The molecular formula is C12H15BrN2O2. The van der Waals surface area contributed by atoms with Gasteiger partial charge in [0.1, 0.15) is 5.75 Å². The third kappa shape index (κ3) is 2.54. The van der Waals surface area contributed by atoms with Crippen molar-refractivity contribution in [1.82, 2.24) is 9.80 Å². The summed E-state index contributed by atoms with van der Waals surface area (Å²) in [4.78, 5) is 15.3. The van der Waals surface area contributed by atoms with Crippen LogP contribution in [0.1, 0.15) is 5.56 Å². The van der Waals surface area contributed by atoms with E-state index in [0.717, 1.165) is 28.9 Å². The van der Waals surface area contributed by atoms with E-state index in [1.54, 1.807) is 12.0 Å². The third-order valence-electron chi connectivity index (χ3n) is 2.92. The molecule has 1 heterocycles. The first kappa shape index (κ1) is 12.2. The number of carbonyl (C=O) groups excluding carboxylic acids is 1. The summed E-state index contributed by atoms with van der Waals surface area (Å²) in [7, 11) is 3.46. The summed E-state index contributed by atoms with van der Waals surface area (Å²) < 4.78 is 6.19. The lowest BCUT2D eigenvalue weighted by Crippen LogP contribution is -2.29. The molecule has 1 fully saturated rings. The summed E-state index contributed by atoms with van der Waals surface area (Å²) >= 11 is 3.49. The van der Waals surface area contributed by atoms with Crippen LogP contribution in [0.2, 0.25) is 0 Å². The molecule has 17 heavy (non-hydrogen) atoms. The Balaban J connectivity index is 2.15. The first-order chi connectivity index (χ1) is 8.11. The average molecular weight is 299 g/mol. The van der Waals surface area contributed by atoms with E-state index in [2.05, 4.69) is 15.9 Å². The Morgan fingerprint density at radius 3 is 2.76 bits per heavy atom. The molecule has 0 atom stereocenters. The molecule has 1 aromatic rings. The molecule has 0 N–H and O–H groups in total. The van der Waals surface area contributed by atoms with Gasteiger partial charge in [-0.3, -0.25) is 0 Å². The Bertz CT molecular complexity index is 437. The van der Waals surface area contributed by atoms with E-state index in [1.807, 2.05) is 30.1 Å². The van der Waals surface area contributed by atoms with Crippen molar-refractivity contribution in [2.75, 3.05) is 27.2 Å². The van der Waals surface area contributed by atoms with Crippen LogP contribution in [0.4, 0.5) is 4.79 Å². The number of likely N-dealkylation sites (N-methyl/N-ethyl adjacent to an activating group) is 1. The Kier molecular flexibility index (Phi) is 3.57. The number of methoxy groups -OCH3 is 1. The molecule has 0 bridgehead atoms. The van der Waals surface area contributed by atoms with E-state index in [0.29, 0.717) is 6.54 Å². The molecule has 1 aliphatic rings. The van der Waals surface area contributed by atoms with Crippen LogP contribution in [0.3, 0.4) is 0 Å². The van der Waals surface area contributed by atoms with E-state index < -0.39 is 0 Å². The highest BCUT2D eigenvalue weighted by molar-refractivity contribution is 9.10. The van der Waals surface area contributed by atoms with E-state index in [9.17, 15) is 4.79 Å². The first-order valence-electron chi connectivity index (χ1n) is 5.44. The maximum atomic E-state index is 11.8. The maximum Gasteiger partial charge on any atom is 0.320 e. The van der Waals surface area contributed by atoms with Crippen LogP contribution in [-0.2, 0) is 6.54 Å². The van der Waals surface area contributed by atoms with Gasteiger partial charge >= 0.3 is 6.03 Å². The van der Waals surface area contributed by atoms with Crippen LogP contribution in [0.5, 0.6) is 5.75 Å². The minimum atomic E-state index is 0.0831. The number of nitrogens with zero attached hydrogens (tertiary/aromatic N) is 2. The average Bonchev–Trinajstić information content (AvgIpc) is 2.64. The fourth-order valence-corrected chi connectivity index (χ4v) is 2.23. The van der Waals surface area contributed by atoms with Crippen LogP contribution in [-0.4, -0.2) is 43.1 Å². The zero-order valence-electron chi connectivity index (χ0n) is 9.94. The summed E-state index contributed by atoms with van der Waals surface area (Å²) in [5.74, 6) is 0.809. The van der Waals surface area contributed by atoms with Crippen molar-refractivity contribution in [3.8, 4) is 5.75 Å². The molecule has 0 aliphatic carbocycles. The van der Waals surface area contributed by atoms with Gasteiger partial charge < -0.3 is 14.5 Å². The Morgan fingerprint density at radius 2 is 2.18 bits per heavy atom. The second-order valence-corrected chi connectivity index (χ2v) is 4.94.